The van der Waals surface area contributed by atoms with Crippen molar-refractivity contribution in [3.8, 4) is 0 Å². The molecule has 1 aliphatic heterocycles. The van der Waals surface area contributed by atoms with Gasteiger partial charge in [-0.2, -0.15) is 0 Å². The maximum Gasteiger partial charge on any atom is 0.242 e. The van der Waals surface area contributed by atoms with E-state index in [9.17, 15) is 8.42 Å². The topological polar surface area (TPSA) is 75.4 Å². The Kier molecular flexibility index (Phi) is 4.49. The van der Waals surface area contributed by atoms with Gasteiger partial charge in [0.25, 0.3) is 0 Å². The van der Waals surface area contributed by atoms with Crippen molar-refractivity contribution < 1.29 is 8.42 Å². The van der Waals surface area contributed by atoms with Crippen molar-refractivity contribution in [2.24, 2.45) is 11.8 Å². The minimum atomic E-state index is -3.53. The van der Waals surface area contributed by atoms with E-state index in [1.54, 1.807) is 6.07 Å². The van der Waals surface area contributed by atoms with Gasteiger partial charge in [0.15, 0.2) is 0 Å². The first-order valence-corrected chi connectivity index (χ1v) is 8.84. The fourth-order valence-electron chi connectivity index (χ4n) is 3.13. The molecule has 0 saturated carbocycles. The predicted octanol–water partition coefficient (Wildman–Crippen LogP) is 2.05. The molecular formula is C15H25N3O2S. The summed E-state index contributed by atoms with van der Waals surface area (Å²) in [7, 11) is -2.11. The predicted molar refractivity (Wildman–Crippen MR) is 86.9 cm³/mol. The SMILES string of the molecule is CNS(=O)(=O)c1cc(N)ccc1N1CC(C)CC(C)C1C. The number of nitrogens with zero attached hydrogens (tertiary/aromatic N) is 1. The fourth-order valence-corrected chi connectivity index (χ4v) is 4.10. The molecule has 1 aromatic carbocycles. The van der Waals surface area contributed by atoms with Gasteiger partial charge in [-0.1, -0.05) is 13.8 Å². The first-order valence-electron chi connectivity index (χ1n) is 7.36. The summed E-state index contributed by atoms with van der Waals surface area (Å²) in [6, 6.07) is 5.43. The van der Waals surface area contributed by atoms with Crippen molar-refractivity contribution >= 4 is 21.4 Å². The van der Waals surface area contributed by atoms with Gasteiger partial charge in [0, 0.05) is 18.3 Å². The number of nitrogens with two attached hydrogens (primary N) is 1. The van der Waals surface area contributed by atoms with Crippen LogP contribution in [0.1, 0.15) is 27.2 Å². The molecule has 0 amide bonds. The Balaban J connectivity index is 2.53. The van der Waals surface area contributed by atoms with Gasteiger partial charge in [0.05, 0.1) is 5.69 Å². The number of benzene rings is 1. The normalized spacial score (nSPS) is 26.9. The molecule has 3 unspecified atom stereocenters. The molecule has 1 aliphatic rings. The lowest BCUT2D eigenvalue weighted by atomic mass is 9.85. The number of nitrogen functional groups attached to an aromatic ring is 1. The molecule has 1 aromatic rings. The van der Waals surface area contributed by atoms with Gasteiger partial charge in [-0.15, -0.1) is 0 Å². The van der Waals surface area contributed by atoms with E-state index in [0.717, 1.165) is 12.2 Å². The highest BCUT2D eigenvalue weighted by Crippen LogP contribution is 2.35. The molecule has 2 rings (SSSR count). The summed E-state index contributed by atoms with van der Waals surface area (Å²) in [6.07, 6.45) is 1.17. The number of anilines is 2. The third-order valence-electron chi connectivity index (χ3n) is 4.45. The van der Waals surface area contributed by atoms with Gasteiger partial charge in [-0.25, -0.2) is 13.1 Å². The molecule has 0 aliphatic carbocycles. The van der Waals surface area contributed by atoms with Crippen molar-refractivity contribution in [2.75, 3.05) is 24.2 Å². The van der Waals surface area contributed by atoms with Gasteiger partial charge < -0.3 is 10.6 Å². The van der Waals surface area contributed by atoms with Gasteiger partial charge >= 0.3 is 0 Å². The Labute approximate surface area is 127 Å². The van der Waals surface area contributed by atoms with Crippen molar-refractivity contribution in [3.05, 3.63) is 18.2 Å². The Morgan fingerprint density at radius 1 is 1.29 bits per heavy atom. The van der Waals surface area contributed by atoms with E-state index in [4.69, 9.17) is 5.73 Å². The summed E-state index contributed by atoms with van der Waals surface area (Å²) in [4.78, 5) is 2.46. The zero-order valence-electron chi connectivity index (χ0n) is 13.1. The fraction of sp³-hybridized carbons (Fsp3) is 0.600. The first-order chi connectivity index (χ1) is 9.76. The van der Waals surface area contributed by atoms with Gasteiger partial charge in [0.2, 0.25) is 10.0 Å². The molecule has 21 heavy (non-hydrogen) atoms. The molecule has 1 heterocycles. The summed E-state index contributed by atoms with van der Waals surface area (Å²) in [6.45, 7) is 7.44. The number of rotatable bonds is 3. The Morgan fingerprint density at radius 3 is 2.57 bits per heavy atom. The summed E-state index contributed by atoms with van der Waals surface area (Å²) in [5, 5.41) is 0. The van der Waals surface area contributed by atoms with Gasteiger partial charge in [0.1, 0.15) is 4.90 Å². The standard InChI is InChI=1S/C15H25N3O2S/c1-10-7-11(2)12(3)18(9-10)14-6-5-13(16)8-15(14)21(19,20)17-4/h5-6,8,10-12,17H,7,9,16H2,1-4H3. The molecule has 0 aromatic heterocycles. The third kappa shape index (κ3) is 3.16. The summed E-state index contributed by atoms with van der Waals surface area (Å²) < 4.78 is 27.0. The number of hydrogen-bond donors (Lipinski definition) is 2. The van der Waals surface area contributed by atoms with E-state index in [-0.39, 0.29) is 4.90 Å². The highest BCUT2D eigenvalue weighted by Gasteiger charge is 2.32. The maximum atomic E-state index is 12.3. The smallest absolute Gasteiger partial charge is 0.242 e. The van der Waals surface area contributed by atoms with E-state index in [0.29, 0.717) is 23.6 Å². The molecule has 0 spiro atoms. The van der Waals surface area contributed by atoms with E-state index in [1.807, 2.05) is 6.07 Å². The van der Waals surface area contributed by atoms with E-state index < -0.39 is 10.0 Å². The molecule has 118 valence electrons. The highest BCUT2D eigenvalue weighted by molar-refractivity contribution is 7.89. The lowest BCUT2D eigenvalue weighted by Crippen LogP contribution is -2.46. The van der Waals surface area contributed by atoms with Crippen LogP contribution in [0.25, 0.3) is 0 Å². The summed E-state index contributed by atoms with van der Waals surface area (Å²) in [5.41, 5.74) is 6.98. The third-order valence-corrected chi connectivity index (χ3v) is 5.89. The lowest BCUT2D eigenvalue weighted by molar-refractivity contribution is 0.296. The van der Waals surface area contributed by atoms with Crippen LogP contribution in [0.4, 0.5) is 11.4 Å². The second-order valence-corrected chi connectivity index (χ2v) is 8.00. The number of nitrogens with one attached hydrogen (secondary N) is 1. The Hall–Kier alpha value is -1.27. The zero-order valence-corrected chi connectivity index (χ0v) is 13.9. The molecular weight excluding hydrogens is 286 g/mol. The van der Waals surface area contributed by atoms with Crippen LogP contribution < -0.4 is 15.4 Å². The van der Waals surface area contributed by atoms with Crippen LogP contribution in [-0.2, 0) is 10.0 Å². The van der Waals surface area contributed by atoms with Crippen LogP contribution in [-0.4, -0.2) is 28.1 Å². The van der Waals surface area contributed by atoms with E-state index >= 15 is 0 Å². The second-order valence-electron chi connectivity index (χ2n) is 6.15. The lowest BCUT2D eigenvalue weighted by Gasteiger charge is -2.43. The van der Waals surface area contributed by atoms with Crippen LogP contribution in [0.5, 0.6) is 0 Å². The minimum absolute atomic E-state index is 0.262. The summed E-state index contributed by atoms with van der Waals surface area (Å²) in [5.74, 6) is 1.07. The zero-order chi connectivity index (χ0) is 15.8. The van der Waals surface area contributed by atoms with Crippen molar-refractivity contribution in [1.29, 1.82) is 0 Å². The molecule has 3 atom stereocenters. The van der Waals surface area contributed by atoms with E-state index in [2.05, 4.69) is 30.4 Å². The molecule has 5 nitrogen and oxygen atoms in total. The summed E-state index contributed by atoms with van der Waals surface area (Å²) >= 11 is 0. The monoisotopic (exact) mass is 311 g/mol. The number of hydrogen-bond acceptors (Lipinski definition) is 4. The van der Waals surface area contributed by atoms with E-state index in [1.165, 1.54) is 19.5 Å². The molecule has 0 radical (unpaired) electrons. The van der Waals surface area contributed by atoms with Crippen LogP contribution >= 0.6 is 0 Å². The van der Waals surface area contributed by atoms with Gasteiger partial charge in [-0.05, 0) is 50.4 Å². The largest absolute Gasteiger partial charge is 0.399 e. The molecule has 1 fully saturated rings. The number of sulfonamides is 1. The average molecular weight is 311 g/mol. The molecule has 0 bridgehead atoms. The average Bonchev–Trinajstić information content (AvgIpc) is 2.43. The quantitative estimate of drug-likeness (QED) is 0.838. The van der Waals surface area contributed by atoms with Crippen molar-refractivity contribution in [3.63, 3.8) is 0 Å². The second kappa shape index (κ2) is 5.85. The Bertz CT molecular complexity index is 615. The van der Waals surface area contributed by atoms with Crippen LogP contribution in [0.3, 0.4) is 0 Å². The first kappa shape index (κ1) is 16.1. The minimum Gasteiger partial charge on any atom is -0.399 e. The maximum absolute atomic E-state index is 12.3. The van der Waals surface area contributed by atoms with Crippen LogP contribution in [0.15, 0.2) is 23.1 Å². The Morgan fingerprint density at radius 2 is 1.95 bits per heavy atom. The van der Waals surface area contributed by atoms with Crippen molar-refractivity contribution in [2.45, 2.75) is 38.1 Å². The molecule has 3 N–H and O–H groups in total. The van der Waals surface area contributed by atoms with Crippen LogP contribution in [0.2, 0.25) is 0 Å². The molecule has 6 heteroatoms. The number of piperidine rings is 1. The van der Waals surface area contributed by atoms with Crippen molar-refractivity contribution in [1.82, 2.24) is 4.72 Å². The van der Waals surface area contributed by atoms with Gasteiger partial charge in [-0.3, -0.25) is 0 Å². The van der Waals surface area contributed by atoms with Crippen LogP contribution in [0, 0.1) is 11.8 Å². The molecule has 1 saturated heterocycles. The highest BCUT2D eigenvalue weighted by atomic mass is 32.2.